The number of nitrogens with one attached hydrogen (secondary N) is 2. The lowest BCUT2D eigenvalue weighted by molar-refractivity contribution is -0.245. The molecule has 250 valence electrons. The van der Waals surface area contributed by atoms with Gasteiger partial charge in [-0.25, -0.2) is 4.79 Å². The van der Waals surface area contributed by atoms with E-state index in [0.717, 1.165) is 21.6 Å². The summed E-state index contributed by atoms with van der Waals surface area (Å²) < 4.78 is 12.8. The Bertz CT molecular complexity index is 1680. The van der Waals surface area contributed by atoms with E-state index >= 15 is 0 Å². The van der Waals surface area contributed by atoms with E-state index in [1.807, 2.05) is 48.5 Å². The zero-order valence-electron chi connectivity index (χ0n) is 26.3. The van der Waals surface area contributed by atoms with Gasteiger partial charge in [-0.3, -0.25) is 9.59 Å². The molecule has 4 aromatic carbocycles. The third kappa shape index (κ3) is 9.91. The summed E-state index contributed by atoms with van der Waals surface area (Å²) >= 11 is 1.59. The molecular weight excluding hydrogens is 630 g/mol. The van der Waals surface area contributed by atoms with Crippen LogP contribution in [0.1, 0.15) is 71.5 Å². The molecule has 1 aliphatic heterocycles. The maximum absolute atomic E-state index is 12.6. The smallest absolute Gasteiger partial charge is 0.335 e. The molecule has 1 aliphatic rings. The molecule has 4 aromatic rings. The van der Waals surface area contributed by atoms with Crippen LogP contribution < -0.4 is 16.4 Å². The van der Waals surface area contributed by atoms with Crippen molar-refractivity contribution in [3.63, 3.8) is 0 Å². The average Bonchev–Trinajstić information content (AvgIpc) is 3.10. The van der Waals surface area contributed by atoms with Crippen molar-refractivity contribution in [1.82, 2.24) is 0 Å². The summed E-state index contributed by atoms with van der Waals surface area (Å²) in [6.45, 7) is -0.0395. The molecule has 0 radical (unpaired) electrons. The lowest BCUT2D eigenvalue weighted by Crippen LogP contribution is -2.31. The van der Waals surface area contributed by atoms with Crippen LogP contribution in [0.25, 0.3) is 0 Å². The van der Waals surface area contributed by atoms with Crippen molar-refractivity contribution >= 4 is 46.6 Å². The largest absolute Gasteiger partial charge is 0.478 e. The lowest BCUT2D eigenvalue weighted by atomic mass is 10.0. The predicted molar refractivity (Wildman–Crippen MR) is 186 cm³/mol. The average molecular weight is 670 g/mol. The monoisotopic (exact) mass is 669 g/mol. The molecule has 1 saturated heterocycles. The number of carboxylic acid groups (broad SMARTS) is 1. The molecular formula is C37H39N3O7S. The van der Waals surface area contributed by atoms with Gasteiger partial charge in [0.1, 0.15) is 0 Å². The molecule has 48 heavy (non-hydrogen) atoms. The van der Waals surface area contributed by atoms with Crippen LogP contribution in [0.4, 0.5) is 17.1 Å². The topological polar surface area (TPSA) is 160 Å². The minimum atomic E-state index is -0.963. The SMILES string of the molecule is Nc1ccccc1NC(=O)CCCCC(=O)Nc1ccc([C@@H]2O[C@H](CSc3ccc(C(=O)O)cc3)C[C@H](c3ccc(CO)cc3)O2)cc1. The van der Waals surface area contributed by atoms with Crippen molar-refractivity contribution in [1.29, 1.82) is 0 Å². The van der Waals surface area contributed by atoms with E-state index in [1.165, 1.54) is 0 Å². The third-order valence-electron chi connectivity index (χ3n) is 7.91. The van der Waals surface area contributed by atoms with Gasteiger partial charge in [-0.05, 0) is 72.5 Å². The fourth-order valence-corrected chi connectivity index (χ4v) is 6.17. The highest BCUT2D eigenvalue weighted by atomic mass is 32.2. The van der Waals surface area contributed by atoms with E-state index in [4.69, 9.17) is 15.2 Å². The maximum Gasteiger partial charge on any atom is 0.335 e. The number of hydrogen-bond donors (Lipinski definition) is 5. The van der Waals surface area contributed by atoms with E-state index in [0.29, 0.717) is 48.5 Å². The van der Waals surface area contributed by atoms with Crippen molar-refractivity contribution < 1.29 is 34.1 Å². The third-order valence-corrected chi connectivity index (χ3v) is 9.06. The Morgan fingerprint density at radius 3 is 2.08 bits per heavy atom. The molecule has 2 amide bonds. The van der Waals surface area contributed by atoms with Gasteiger partial charge in [0, 0.05) is 41.2 Å². The number of carbonyl (C=O) groups excluding carboxylic acids is 2. The Kier molecular flexibility index (Phi) is 12.2. The molecule has 5 rings (SSSR count). The molecule has 0 saturated carbocycles. The standard InChI is InChI=1S/C37H39N3O7S/c38-31-5-1-2-6-32(31)40-35(43)8-4-3-7-34(42)39-28-17-13-27(14-18-28)37-46-29(23-48-30-19-15-26(16-20-30)36(44)45)21-33(47-37)25-11-9-24(22-41)10-12-25/h1-2,5-6,9-20,29,33,37,41H,3-4,7-8,21-23,38H2,(H,39,42)(H,40,43)(H,44,45)/t29-,33+,37+/m0/s1. The van der Waals surface area contributed by atoms with Crippen LogP contribution in [0.2, 0.25) is 0 Å². The maximum atomic E-state index is 12.6. The highest BCUT2D eigenvalue weighted by Crippen LogP contribution is 2.39. The number of rotatable bonds is 14. The summed E-state index contributed by atoms with van der Waals surface area (Å²) in [5, 5.41) is 24.4. The molecule has 1 fully saturated rings. The number of ether oxygens (including phenoxy) is 2. The Morgan fingerprint density at radius 2 is 1.44 bits per heavy atom. The highest BCUT2D eigenvalue weighted by Gasteiger charge is 2.32. The van der Waals surface area contributed by atoms with E-state index in [2.05, 4.69) is 10.6 Å². The minimum absolute atomic E-state index is 0.0395. The fraction of sp³-hybridized carbons (Fsp3) is 0.270. The van der Waals surface area contributed by atoms with Crippen molar-refractivity contribution in [3.8, 4) is 0 Å². The molecule has 3 atom stereocenters. The summed E-state index contributed by atoms with van der Waals surface area (Å²) in [6.07, 6.45) is 1.26. The first kappa shape index (κ1) is 34.6. The van der Waals surface area contributed by atoms with Crippen LogP contribution in [0.15, 0.2) is 102 Å². The lowest BCUT2D eigenvalue weighted by Gasteiger charge is -2.36. The molecule has 1 heterocycles. The molecule has 0 aliphatic carbocycles. The Balaban J connectivity index is 1.15. The molecule has 6 N–H and O–H groups in total. The van der Waals surface area contributed by atoms with E-state index in [-0.39, 0.29) is 42.6 Å². The number of unbranched alkanes of at least 4 members (excludes halogenated alkanes) is 1. The number of aromatic carboxylic acids is 1. The minimum Gasteiger partial charge on any atom is -0.478 e. The van der Waals surface area contributed by atoms with Crippen LogP contribution in [0.3, 0.4) is 0 Å². The highest BCUT2D eigenvalue weighted by molar-refractivity contribution is 7.99. The number of carboxylic acids is 1. The van der Waals surface area contributed by atoms with Crippen LogP contribution in [-0.2, 0) is 25.7 Å². The van der Waals surface area contributed by atoms with Gasteiger partial charge in [0.2, 0.25) is 11.8 Å². The number of nitrogen functional groups attached to an aromatic ring is 1. The predicted octanol–water partition coefficient (Wildman–Crippen LogP) is 6.93. The number of thioether (sulfide) groups is 1. The van der Waals surface area contributed by atoms with Gasteiger partial charge in [0.25, 0.3) is 0 Å². The first-order valence-electron chi connectivity index (χ1n) is 15.8. The van der Waals surface area contributed by atoms with Gasteiger partial charge in [-0.2, -0.15) is 0 Å². The van der Waals surface area contributed by atoms with Gasteiger partial charge in [0.05, 0.1) is 35.8 Å². The van der Waals surface area contributed by atoms with E-state index in [1.54, 1.807) is 60.3 Å². The van der Waals surface area contributed by atoms with E-state index < -0.39 is 12.3 Å². The van der Waals surface area contributed by atoms with Gasteiger partial charge < -0.3 is 36.1 Å². The zero-order valence-corrected chi connectivity index (χ0v) is 27.2. The second-order valence-corrected chi connectivity index (χ2v) is 12.6. The van der Waals surface area contributed by atoms with E-state index in [9.17, 15) is 24.6 Å². The quantitative estimate of drug-likeness (QED) is 0.0545. The van der Waals surface area contributed by atoms with Gasteiger partial charge in [-0.15, -0.1) is 11.8 Å². The van der Waals surface area contributed by atoms with Crippen molar-refractivity contribution in [2.45, 2.75) is 62.1 Å². The Morgan fingerprint density at radius 1 is 0.792 bits per heavy atom. The van der Waals surface area contributed by atoms with Crippen LogP contribution in [0, 0.1) is 0 Å². The molecule has 0 unspecified atom stereocenters. The van der Waals surface area contributed by atoms with Crippen LogP contribution in [-0.4, -0.2) is 39.9 Å². The van der Waals surface area contributed by atoms with Gasteiger partial charge in [-0.1, -0.05) is 48.5 Å². The number of anilines is 3. The Hall–Kier alpha value is -4.68. The molecule has 0 spiro atoms. The summed E-state index contributed by atoms with van der Waals surface area (Å²) in [7, 11) is 0. The summed E-state index contributed by atoms with van der Waals surface area (Å²) in [6, 6.07) is 28.9. The van der Waals surface area contributed by atoms with Gasteiger partial charge in [0.15, 0.2) is 6.29 Å². The number of hydrogen-bond acceptors (Lipinski definition) is 8. The molecule has 11 heteroatoms. The Labute approximate surface area is 283 Å². The number of nitrogens with two attached hydrogens (primary N) is 1. The molecule has 0 aromatic heterocycles. The van der Waals surface area contributed by atoms with Crippen LogP contribution in [0.5, 0.6) is 0 Å². The summed E-state index contributed by atoms with van der Waals surface area (Å²) in [5.74, 6) is -0.612. The number of aliphatic hydroxyl groups is 1. The second-order valence-electron chi connectivity index (χ2n) is 11.5. The van der Waals surface area contributed by atoms with Crippen molar-refractivity contribution in [3.05, 3.63) is 119 Å². The normalized spacial score (nSPS) is 17.4. The molecule has 0 bridgehead atoms. The first-order valence-corrected chi connectivity index (χ1v) is 16.8. The second kappa shape index (κ2) is 16.9. The number of amides is 2. The number of benzene rings is 4. The van der Waals surface area contributed by atoms with Crippen LogP contribution >= 0.6 is 11.8 Å². The van der Waals surface area contributed by atoms with Gasteiger partial charge >= 0.3 is 5.97 Å². The summed E-state index contributed by atoms with van der Waals surface area (Å²) in [4.78, 5) is 37.0. The fourth-order valence-electron chi connectivity index (χ4n) is 5.25. The van der Waals surface area contributed by atoms with Crippen molar-refractivity contribution in [2.24, 2.45) is 0 Å². The first-order chi connectivity index (χ1) is 23.3. The summed E-state index contributed by atoms with van der Waals surface area (Å²) in [5.41, 5.74) is 10.4. The number of para-hydroxylation sites is 2. The number of aliphatic hydroxyl groups excluding tert-OH is 1. The molecule has 10 nitrogen and oxygen atoms in total. The van der Waals surface area contributed by atoms with Crippen molar-refractivity contribution in [2.75, 3.05) is 22.1 Å². The zero-order chi connectivity index (χ0) is 33.9. The number of carbonyl (C=O) groups is 3.